The highest BCUT2D eigenvalue weighted by atomic mass is 16.6. The molecule has 2 aliphatic rings. The Labute approximate surface area is 233 Å². The Kier molecular flexibility index (Phi) is 10.0. The number of anilines is 2. The first-order chi connectivity index (χ1) is 19.4. The predicted molar refractivity (Wildman–Crippen MR) is 153 cm³/mol. The van der Waals surface area contributed by atoms with E-state index in [0.29, 0.717) is 48.9 Å². The van der Waals surface area contributed by atoms with Gasteiger partial charge in [-0.25, -0.2) is 4.79 Å². The van der Waals surface area contributed by atoms with Crippen LogP contribution < -0.4 is 16.4 Å². The van der Waals surface area contributed by atoms with Crippen molar-refractivity contribution in [3.05, 3.63) is 105 Å². The molecular weight excluding hydrogens is 512 g/mol. The summed E-state index contributed by atoms with van der Waals surface area (Å²) in [4.78, 5) is 40.7. The van der Waals surface area contributed by atoms with Gasteiger partial charge in [0.05, 0.1) is 35.9 Å². The van der Waals surface area contributed by atoms with Crippen LogP contribution in [-0.2, 0) is 11.3 Å². The molecule has 0 atom stereocenters. The van der Waals surface area contributed by atoms with Crippen molar-refractivity contribution in [1.29, 1.82) is 0 Å². The lowest BCUT2D eigenvalue weighted by Gasteiger charge is -2.28. The van der Waals surface area contributed by atoms with Gasteiger partial charge in [-0.3, -0.25) is 19.8 Å². The zero-order valence-corrected chi connectivity index (χ0v) is 22.3. The van der Waals surface area contributed by atoms with E-state index in [0.717, 1.165) is 31.6 Å². The molecule has 1 saturated heterocycles. The van der Waals surface area contributed by atoms with Gasteiger partial charge in [-0.15, -0.1) is 0 Å². The van der Waals surface area contributed by atoms with Crippen molar-refractivity contribution >= 4 is 23.3 Å². The van der Waals surface area contributed by atoms with Gasteiger partial charge in [-0.05, 0) is 48.4 Å². The van der Waals surface area contributed by atoms with Gasteiger partial charge in [0.15, 0.2) is 0 Å². The lowest BCUT2D eigenvalue weighted by molar-refractivity contribution is -0.426. The van der Waals surface area contributed by atoms with E-state index in [1.54, 1.807) is 59.5 Å². The first kappa shape index (κ1) is 28.5. The zero-order chi connectivity index (χ0) is 28.3. The van der Waals surface area contributed by atoms with Crippen LogP contribution in [0.5, 0.6) is 0 Å². The first-order valence-corrected chi connectivity index (χ1v) is 13.2. The molecular formula is C29H34N6O5. The smallest absolute Gasteiger partial charge is 0.322 e. The Morgan fingerprint density at radius 2 is 1.80 bits per heavy atom. The molecule has 3 amide bonds. The number of hydrogen-bond acceptors (Lipinski definition) is 7. The third-order valence-corrected chi connectivity index (χ3v) is 6.66. The van der Waals surface area contributed by atoms with Gasteiger partial charge in [0.1, 0.15) is 0 Å². The normalized spacial score (nSPS) is 15.4. The van der Waals surface area contributed by atoms with Gasteiger partial charge >= 0.3 is 6.03 Å². The summed E-state index contributed by atoms with van der Waals surface area (Å²) in [7, 11) is 0. The minimum absolute atomic E-state index is 0.0574. The zero-order valence-electron chi connectivity index (χ0n) is 22.3. The summed E-state index contributed by atoms with van der Waals surface area (Å²) in [5, 5.41) is 16.8. The predicted octanol–water partition coefficient (Wildman–Crippen LogP) is 3.76. The number of nitrogens with two attached hydrogens (primary N) is 1. The molecule has 40 heavy (non-hydrogen) atoms. The molecule has 11 heteroatoms. The number of nitrogens with one attached hydrogen (secondary N) is 2. The van der Waals surface area contributed by atoms with Crippen LogP contribution in [0.3, 0.4) is 0 Å². The Morgan fingerprint density at radius 1 is 1.05 bits per heavy atom. The van der Waals surface area contributed by atoms with Gasteiger partial charge in [-0.2, -0.15) is 0 Å². The number of morpholine rings is 1. The lowest BCUT2D eigenvalue weighted by Crippen LogP contribution is -2.41. The quantitative estimate of drug-likeness (QED) is 0.234. The minimum Gasteiger partial charge on any atom is -0.397 e. The average molecular weight is 547 g/mol. The molecule has 210 valence electrons. The molecule has 0 unspecified atom stereocenters. The van der Waals surface area contributed by atoms with Crippen LogP contribution >= 0.6 is 0 Å². The van der Waals surface area contributed by atoms with Crippen LogP contribution in [0.1, 0.15) is 28.8 Å². The largest absolute Gasteiger partial charge is 0.397 e. The van der Waals surface area contributed by atoms with Gasteiger partial charge in [0.2, 0.25) is 5.70 Å². The Bertz CT molecular complexity index is 1300. The number of allylic oxidation sites excluding steroid dienone is 4. The summed E-state index contributed by atoms with van der Waals surface area (Å²) in [6.07, 6.45) is 7.23. The van der Waals surface area contributed by atoms with Crippen molar-refractivity contribution in [1.82, 2.24) is 15.1 Å². The number of rotatable bonds is 10. The van der Waals surface area contributed by atoms with Crippen LogP contribution in [0.2, 0.25) is 0 Å². The van der Waals surface area contributed by atoms with E-state index in [-0.39, 0.29) is 24.1 Å². The van der Waals surface area contributed by atoms with Gasteiger partial charge in [0.25, 0.3) is 5.91 Å². The number of nitrogen functional groups attached to an aromatic ring is 1. The number of carbonyl (C=O) groups excluding carboxylic acids is 2. The Balaban J connectivity index is 1.42. The third-order valence-electron chi connectivity index (χ3n) is 6.66. The number of benzene rings is 2. The van der Waals surface area contributed by atoms with Crippen LogP contribution in [0.15, 0.2) is 84.2 Å². The number of nitro groups is 1. The van der Waals surface area contributed by atoms with Crippen molar-refractivity contribution in [2.45, 2.75) is 19.4 Å². The van der Waals surface area contributed by atoms with E-state index in [9.17, 15) is 19.7 Å². The van der Waals surface area contributed by atoms with Crippen LogP contribution in [0.25, 0.3) is 0 Å². The minimum atomic E-state index is -0.428. The number of para-hydroxylation sites is 2. The van der Waals surface area contributed by atoms with E-state index in [4.69, 9.17) is 10.5 Å². The molecule has 0 spiro atoms. The SMILES string of the molecule is Nc1ccccc1NC(=O)c1ccc(CN(CCCN2CCOCC2)C(=O)NC2=CC=C([N+](=O)[O-])CC=C2)cc1. The van der Waals surface area contributed by atoms with Gasteiger partial charge in [0, 0.05) is 50.1 Å². The molecule has 0 saturated carbocycles. The number of nitrogens with zero attached hydrogens (tertiary/aromatic N) is 3. The fourth-order valence-electron chi connectivity index (χ4n) is 4.39. The van der Waals surface area contributed by atoms with E-state index < -0.39 is 4.92 Å². The fraction of sp³-hybridized carbons (Fsp3) is 0.310. The van der Waals surface area contributed by atoms with Crippen molar-refractivity contribution in [3.63, 3.8) is 0 Å². The molecule has 11 nitrogen and oxygen atoms in total. The van der Waals surface area contributed by atoms with Crippen LogP contribution in [0.4, 0.5) is 16.2 Å². The number of urea groups is 1. The maximum absolute atomic E-state index is 13.3. The maximum atomic E-state index is 13.3. The molecule has 1 heterocycles. The summed E-state index contributed by atoms with van der Waals surface area (Å²) < 4.78 is 5.42. The van der Waals surface area contributed by atoms with E-state index in [1.165, 1.54) is 6.08 Å². The molecule has 1 aliphatic carbocycles. The van der Waals surface area contributed by atoms with Crippen LogP contribution in [-0.4, -0.2) is 66.1 Å². The first-order valence-electron chi connectivity index (χ1n) is 13.2. The summed E-state index contributed by atoms with van der Waals surface area (Å²) in [6, 6.07) is 13.8. The molecule has 4 rings (SSSR count). The van der Waals surface area contributed by atoms with Crippen molar-refractivity contribution in [3.8, 4) is 0 Å². The van der Waals surface area contributed by atoms with Gasteiger partial charge < -0.3 is 26.0 Å². The second-order valence-electron chi connectivity index (χ2n) is 9.54. The Morgan fingerprint density at radius 3 is 2.52 bits per heavy atom. The maximum Gasteiger partial charge on any atom is 0.322 e. The van der Waals surface area contributed by atoms with Gasteiger partial charge in [-0.1, -0.05) is 30.3 Å². The molecule has 0 radical (unpaired) electrons. The second-order valence-corrected chi connectivity index (χ2v) is 9.54. The standard InChI is InChI=1S/C29H34N6O5/c30-26-7-1-2-8-27(26)32-28(36)23-11-9-22(10-12-23)21-34(16-4-15-33-17-19-40-20-18-33)29(37)31-24-5-3-6-25(14-13-24)35(38)39/h1-3,5,7-14H,4,6,15-21,30H2,(H,31,37)(H,32,36). The highest BCUT2D eigenvalue weighted by Gasteiger charge is 2.18. The highest BCUT2D eigenvalue weighted by molar-refractivity contribution is 6.05. The third kappa shape index (κ3) is 8.26. The van der Waals surface area contributed by atoms with E-state index >= 15 is 0 Å². The van der Waals surface area contributed by atoms with Crippen LogP contribution in [0, 0.1) is 10.1 Å². The van der Waals surface area contributed by atoms with Crippen molar-refractivity contribution in [2.24, 2.45) is 0 Å². The molecule has 1 aliphatic heterocycles. The highest BCUT2D eigenvalue weighted by Crippen LogP contribution is 2.18. The summed E-state index contributed by atoms with van der Waals surface area (Å²) >= 11 is 0. The average Bonchev–Trinajstić information content (AvgIpc) is 3.20. The lowest BCUT2D eigenvalue weighted by atomic mass is 10.1. The Hall–Kier alpha value is -4.48. The molecule has 1 fully saturated rings. The summed E-state index contributed by atoms with van der Waals surface area (Å²) in [5.41, 5.74) is 8.82. The molecule has 2 aromatic rings. The van der Waals surface area contributed by atoms with E-state index in [2.05, 4.69) is 15.5 Å². The fourth-order valence-corrected chi connectivity index (χ4v) is 4.39. The van der Waals surface area contributed by atoms with Crippen molar-refractivity contribution < 1.29 is 19.2 Å². The molecule has 0 bridgehead atoms. The topological polar surface area (TPSA) is 143 Å². The number of carbonyl (C=O) groups is 2. The number of amides is 3. The summed E-state index contributed by atoms with van der Waals surface area (Å²) in [6.45, 7) is 4.83. The van der Waals surface area contributed by atoms with Crippen molar-refractivity contribution in [2.75, 3.05) is 50.4 Å². The molecule has 4 N–H and O–H groups in total. The molecule has 2 aromatic carbocycles. The van der Waals surface area contributed by atoms with E-state index in [1.807, 2.05) is 12.1 Å². The number of ether oxygens (including phenoxy) is 1. The monoisotopic (exact) mass is 546 g/mol. The second kappa shape index (κ2) is 14.1. The molecule has 0 aromatic heterocycles. The summed E-state index contributed by atoms with van der Waals surface area (Å²) in [5.74, 6) is -0.279. The number of hydrogen-bond donors (Lipinski definition) is 3.